The molecule has 0 aliphatic carbocycles. The van der Waals surface area contributed by atoms with Crippen molar-refractivity contribution in [1.82, 2.24) is 0 Å². The highest BCUT2D eigenvalue weighted by Gasteiger charge is 2.09. The van der Waals surface area contributed by atoms with Crippen LogP contribution in [0.1, 0.15) is 25.0 Å². The van der Waals surface area contributed by atoms with Gasteiger partial charge in [0, 0.05) is 5.56 Å². The fraction of sp³-hybridized carbons (Fsp3) is 0.385. The zero-order valence-electron chi connectivity index (χ0n) is 10.7. The first-order valence-corrected chi connectivity index (χ1v) is 5.51. The van der Waals surface area contributed by atoms with Gasteiger partial charge >= 0.3 is 0 Å². The molecule has 4 heteroatoms. The molecule has 1 aromatic rings. The predicted molar refractivity (Wildman–Crippen MR) is 69.5 cm³/mol. The Hall–Kier alpha value is -1.84. The summed E-state index contributed by atoms with van der Waals surface area (Å²) in [5.41, 5.74) is 3.60. The minimum atomic E-state index is 0.678. The van der Waals surface area contributed by atoms with Gasteiger partial charge in [0.05, 0.1) is 0 Å². The van der Waals surface area contributed by atoms with Crippen molar-refractivity contribution >= 4 is 11.4 Å². The number of hydrogen-bond acceptors (Lipinski definition) is 4. The molecule has 0 aliphatic rings. The average Bonchev–Trinajstić information content (AvgIpc) is 2.36. The van der Waals surface area contributed by atoms with Crippen LogP contribution in [0.4, 0.5) is 0 Å². The molecule has 0 aromatic heterocycles. The van der Waals surface area contributed by atoms with Crippen molar-refractivity contribution in [3.63, 3.8) is 0 Å². The highest BCUT2D eigenvalue weighted by molar-refractivity contribution is 6.47. The van der Waals surface area contributed by atoms with E-state index in [-0.39, 0.29) is 0 Å². The topological polar surface area (TPSA) is 43.2 Å². The molecule has 0 spiro atoms. The van der Waals surface area contributed by atoms with Crippen molar-refractivity contribution in [2.24, 2.45) is 10.3 Å². The maximum Gasteiger partial charge on any atom is 0.134 e. The van der Waals surface area contributed by atoms with E-state index in [0.717, 1.165) is 12.0 Å². The molecule has 0 bridgehead atoms. The lowest BCUT2D eigenvalue weighted by molar-refractivity contribution is 0.210. The van der Waals surface area contributed by atoms with Gasteiger partial charge in [-0.3, -0.25) is 0 Å². The van der Waals surface area contributed by atoms with Gasteiger partial charge in [0.2, 0.25) is 0 Å². The summed E-state index contributed by atoms with van der Waals surface area (Å²) in [4.78, 5) is 9.58. The van der Waals surface area contributed by atoms with Crippen molar-refractivity contribution in [3.05, 3.63) is 35.4 Å². The van der Waals surface area contributed by atoms with Crippen molar-refractivity contribution in [1.29, 1.82) is 0 Å². The van der Waals surface area contributed by atoms with Crippen LogP contribution in [0.15, 0.2) is 34.6 Å². The van der Waals surface area contributed by atoms with Gasteiger partial charge in [-0.25, -0.2) is 0 Å². The molecule has 4 nitrogen and oxygen atoms in total. The van der Waals surface area contributed by atoms with Gasteiger partial charge < -0.3 is 9.68 Å². The first-order chi connectivity index (χ1) is 8.22. The smallest absolute Gasteiger partial charge is 0.134 e. The third-order valence-corrected chi connectivity index (χ3v) is 2.39. The molecule has 0 atom stereocenters. The standard InChI is InChI=1S/C13H18N2O2/c1-5-11-6-8-12(9-7-11)13(15-17-4)10(2)14-16-3/h6-9H,5H2,1-4H3/b14-10+,15-13-. The van der Waals surface area contributed by atoms with E-state index in [9.17, 15) is 0 Å². The second-order valence-corrected chi connectivity index (χ2v) is 3.53. The van der Waals surface area contributed by atoms with Crippen LogP contribution in [0.2, 0.25) is 0 Å². The molecule has 0 aliphatic heterocycles. The van der Waals surface area contributed by atoms with Gasteiger partial charge in [-0.1, -0.05) is 41.5 Å². The maximum absolute atomic E-state index is 4.83. The molecule has 0 saturated heterocycles. The van der Waals surface area contributed by atoms with Crippen molar-refractivity contribution < 1.29 is 9.68 Å². The molecule has 0 unspecified atom stereocenters. The van der Waals surface area contributed by atoms with Crippen LogP contribution in [0.25, 0.3) is 0 Å². The Kier molecular flexibility index (Phi) is 5.20. The highest BCUT2D eigenvalue weighted by Crippen LogP contribution is 2.08. The van der Waals surface area contributed by atoms with E-state index in [1.165, 1.54) is 19.8 Å². The summed E-state index contributed by atoms with van der Waals surface area (Å²) in [6.07, 6.45) is 1.02. The Labute approximate surface area is 102 Å². The molecule has 1 aromatic carbocycles. The normalized spacial score (nSPS) is 12.5. The molecule has 92 valence electrons. The van der Waals surface area contributed by atoms with Gasteiger partial charge in [-0.05, 0) is 18.9 Å². The fourth-order valence-electron chi connectivity index (χ4n) is 1.50. The summed E-state index contributed by atoms with van der Waals surface area (Å²) in [7, 11) is 3.02. The summed E-state index contributed by atoms with van der Waals surface area (Å²) in [5.74, 6) is 0. The Morgan fingerprint density at radius 2 is 1.65 bits per heavy atom. The van der Waals surface area contributed by atoms with E-state index < -0.39 is 0 Å². The fourth-order valence-corrected chi connectivity index (χ4v) is 1.50. The number of aryl methyl sites for hydroxylation is 1. The number of rotatable bonds is 5. The van der Waals surface area contributed by atoms with Crippen molar-refractivity contribution in [3.8, 4) is 0 Å². The lowest BCUT2D eigenvalue weighted by atomic mass is 10.0. The van der Waals surface area contributed by atoms with E-state index >= 15 is 0 Å². The summed E-state index contributed by atoms with van der Waals surface area (Å²) in [5, 5.41) is 7.84. The van der Waals surface area contributed by atoms with Crippen LogP contribution in [0, 0.1) is 0 Å². The number of hydrogen-bond donors (Lipinski definition) is 0. The quantitative estimate of drug-likeness (QED) is 0.580. The lowest BCUT2D eigenvalue weighted by Crippen LogP contribution is -2.13. The zero-order valence-corrected chi connectivity index (χ0v) is 10.7. The molecule has 0 heterocycles. The molecular weight excluding hydrogens is 216 g/mol. The van der Waals surface area contributed by atoms with Crippen LogP contribution in [0.5, 0.6) is 0 Å². The first kappa shape index (κ1) is 13.2. The van der Waals surface area contributed by atoms with E-state index in [1.54, 1.807) is 0 Å². The summed E-state index contributed by atoms with van der Waals surface area (Å²) < 4.78 is 0. The SMILES string of the molecule is CCc1ccc(C(=N\OC)/C(C)=N/OC)cc1. The largest absolute Gasteiger partial charge is 0.399 e. The van der Waals surface area contributed by atoms with Gasteiger partial charge in [0.1, 0.15) is 25.6 Å². The maximum atomic E-state index is 4.83. The van der Waals surface area contributed by atoms with Crippen LogP contribution >= 0.6 is 0 Å². The van der Waals surface area contributed by atoms with E-state index in [2.05, 4.69) is 29.4 Å². The zero-order chi connectivity index (χ0) is 12.7. The van der Waals surface area contributed by atoms with Crippen LogP contribution < -0.4 is 0 Å². The van der Waals surface area contributed by atoms with Crippen LogP contribution in [-0.2, 0) is 16.1 Å². The summed E-state index contributed by atoms with van der Waals surface area (Å²) in [6, 6.07) is 8.15. The Bertz CT molecular complexity index is 408. The lowest BCUT2D eigenvalue weighted by Gasteiger charge is -2.05. The number of oxime groups is 2. The predicted octanol–water partition coefficient (Wildman–Crippen LogP) is 2.62. The summed E-state index contributed by atoms with van der Waals surface area (Å²) in [6.45, 7) is 3.95. The molecule has 0 N–H and O–H groups in total. The van der Waals surface area contributed by atoms with Crippen LogP contribution in [-0.4, -0.2) is 25.6 Å². The van der Waals surface area contributed by atoms with Crippen LogP contribution in [0.3, 0.4) is 0 Å². The Morgan fingerprint density at radius 1 is 1.06 bits per heavy atom. The minimum absolute atomic E-state index is 0.678. The molecule has 0 radical (unpaired) electrons. The van der Waals surface area contributed by atoms with Crippen molar-refractivity contribution in [2.45, 2.75) is 20.3 Å². The molecule has 17 heavy (non-hydrogen) atoms. The molecule has 0 saturated carbocycles. The average molecular weight is 234 g/mol. The van der Waals surface area contributed by atoms with E-state index in [4.69, 9.17) is 9.68 Å². The molecular formula is C13H18N2O2. The second-order valence-electron chi connectivity index (χ2n) is 3.53. The van der Waals surface area contributed by atoms with Crippen molar-refractivity contribution in [2.75, 3.05) is 14.2 Å². The molecule has 0 amide bonds. The minimum Gasteiger partial charge on any atom is -0.399 e. The van der Waals surface area contributed by atoms with Gasteiger partial charge in [-0.2, -0.15) is 0 Å². The van der Waals surface area contributed by atoms with Gasteiger partial charge in [0.15, 0.2) is 0 Å². The van der Waals surface area contributed by atoms with E-state index in [1.807, 2.05) is 19.1 Å². The van der Waals surface area contributed by atoms with E-state index in [0.29, 0.717) is 11.4 Å². The van der Waals surface area contributed by atoms with Gasteiger partial charge in [0.25, 0.3) is 0 Å². The monoisotopic (exact) mass is 234 g/mol. The second kappa shape index (κ2) is 6.68. The first-order valence-electron chi connectivity index (χ1n) is 5.51. The third kappa shape index (κ3) is 3.59. The Morgan fingerprint density at radius 3 is 2.12 bits per heavy atom. The Balaban J connectivity index is 3.06. The highest BCUT2D eigenvalue weighted by atomic mass is 16.6. The van der Waals surface area contributed by atoms with Gasteiger partial charge in [-0.15, -0.1) is 0 Å². The molecule has 1 rings (SSSR count). The number of benzene rings is 1. The third-order valence-electron chi connectivity index (χ3n) is 2.39. The number of nitrogens with zero attached hydrogens (tertiary/aromatic N) is 2. The summed E-state index contributed by atoms with van der Waals surface area (Å²) >= 11 is 0. The molecule has 0 fully saturated rings.